The van der Waals surface area contributed by atoms with Gasteiger partial charge in [-0.1, -0.05) is 12.8 Å². The fourth-order valence-corrected chi connectivity index (χ4v) is 4.16. The molecule has 0 spiro atoms. The summed E-state index contributed by atoms with van der Waals surface area (Å²) in [6.07, 6.45) is 6.20. The molecule has 2 heterocycles. The van der Waals surface area contributed by atoms with Gasteiger partial charge in [-0.2, -0.15) is 5.10 Å². The Labute approximate surface area is 133 Å². The standard InChI is InChI=1S/C15H20N4O2S/c1-10-9-22-14(17-10)15(5-3-4-6-15)16-7-11-8-19(2)18-12(11)13(20)21/h8-9,16H,3-7H2,1-2H3,(H,20,21). The summed E-state index contributed by atoms with van der Waals surface area (Å²) in [5.74, 6) is -0.983. The number of aromatic nitrogens is 3. The van der Waals surface area contributed by atoms with E-state index in [2.05, 4.69) is 20.8 Å². The Balaban J connectivity index is 1.83. The number of rotatable bonds is 5. The number of nitrogens with zero attached hydrogens (tertiary/aromatic N) is 3. The minimum atomic E-state index is -0.983. The summed E-state index contributed by atoms with van der Waals surface area (Å²) in [5, 5.41) is 20.0. The second kappa shape index (κ2) is 5.81. The van der Waals surface area contributed by atoms with E-state index in [1.165, 1.54) is 12.8 Å². The molecule has 0 aromatic carbocycles. The van der Waals surface area contributed by atoms with Crippen molar-refractivity contribution in [3.8, 4) is 0 Å². The predicted octanol–water partition coefficient (Wildman–Crippen LogP) is 2.44. The summed E-state index contributed by atoms with van der Waals surface area (Å²) in [4.78, 5) is 15.9. The Bertz CT molecular complexity index is 686. The molecule has 1 fully saturated rings. The lowest BCUT2D eigenvalue weighted by molar-refractivity contribution is 0.0688. The van der Waals surface area contributed by atoms with Crippen molar-refractivity contribution in [3.63, 3.8) is 0 Å². The van der Waals surface area contributed by atoms with Gasteiger partial charge in [0.25, 0.3) is 0 Å². The fourth-order valence-electron chi connectivity index (χ4n) is 3.13. The maximum atomic E-state index is 11.3. The zero-order valence-corrected chi connectivity index (χ0v) is 13.6. The monoisotopic (exact) mass is 320 g/mol. The summed E-state index contributed by atoms with van der Waals surface area (Å²) in [6, 6.07) is 0. The van der Waals surface area contributed by atoms with Crippen molar-refractivity contribution in [3.05, 3.63) is 33.5 Å². The average molecular weight is 320 g/mol. The molecule has 1 aliphatic carbocycles. The lowest BCUT2D eigenvalue weighted by atomic mass is 9.98. The van der Waals surface area contributed by atoms with Gasteiger partial charge >= 0.3 is 5.97 Å². The summed E-state index contributed by atoms with van der Waals surface area (Å²) in [5.41, 5.74) is 1.76. The lowest BCUT2D eigenvalue weighted by Gasteiger charge is -2.28. The van der Waals surface area contributed by atoms with E-state index in [1.54, 1.807) is 29.3 Å². The molecule has 2 aromatic heterocycles. The molecule has 0 amide bonds. The van der Waals surface area contributed by atoms with Gasteiger partial charge in [-0.3, -0.25) is 4.68 Å². The molecule has 0 bridgehead atoms. The zero-order chi connectivity index (χ0) is 15.7. The minimum absolute atomic E-state index is 0.120. The van der Waals surface area contributed by atoms with Crippen LogP contribution in [0.5, 0.6) is 0 Å². The molecule has 2 aromatic rings. The first-order valence-electron chi connectivity index (χ1n) is 7.44. The smallest absolute Gasteiger partial charge is 0.356 e. The van der Waals surface area contributed by atoms with Crippen LogP contribution in [0.4, 0.5) is 0 Å². The molecule has 3 rings (SSSR count). The van der Waals surface area contributed by atoms with Crippen LogP contribution in [0, 0.1) is 6.92 Å². The van der Waals surface area contributed by atoms with Crippen LogP contribution in [-0.2, 0) is 19.1 Å². The first kappa shape index (κ1) is 15.2. The SMILES string of the molecule is Cc1csc(C2(NCc3cn(C)nc3C(=O)O)CCCC2)n1. The molecule has 0 atom stereocenters. The maximum Gasteiger partial charge on any atom is 0.356 e. The van der Waals surface area contributed by atoms with Crippen LogP contribution in [-0.4, -0.2) is 25.8 Å². The third-order valence-corrected chi connectivity index (χ3v) is 5.37. The van der Waals surface area contributed by atoms with Gasteiger partial charge in [0.15, 0.2) is 5.69 Å². The van der Waals surface area contributed by atoms with E-state index in [0.29, 0.717) is 6.54 Å². The van der Waals surface area contributed by atoms with Crippen LogP contribution in [0.1, 0.15) is 52.4 Å². The second-order valence-electron chi connectivity index (χ2n) is 5.92. The van der Waals surface area contributed by atoms with E-state index in [-0.39, 0.29) is 11.2 Å². The Morgan fingerprint density at radius 1 is 1.50 bits per heavy atom. The van der Waals surface area contributed by atoms with Crippen molar-refractivity contribution in [2.75, 3.05) is 0 Å². The highest BCUT2D eigenvalue weighted by molar-refractivity contribution is 7.09. The zero-order valence-electron chi connectivity index (χ0n) is 12.8. The van der Waals surface area contributed by atoms with Crippen molar-refractivity contribution in [1.82, 2.24) is 20.1 Å². The van der Waals surface area contributed by atoms with Crippen LogP contribution in [0.15, 0.2) is 11.6 Å². The number of carboxylic acid groups (broad SMARTS) is 1. The molecule has 7 heteroatoms. The van der Waals surface area contributed by atoms with E-state index in [1.807, 2.05) is 6.92 Å². The van der Waals surface area contributed by atoms with Crippen LogP contribution in [0.25, 0.3) is 0 Å². The van der Waals surface area contributed by atoms with E-state index < -0.39 is 5.97 Å². The van der Waals surface area contributed by atoms with E-state index in [0.717, 1.165) is 29.1 Å². The normalized spacial score (nSPS) is 17.0. The molecule has 0 aliphatic heterocycles. The first-order chi connectivity index (χ1) is 10.5. The van der Waals surface area contributed by atoms with Gasteiger partial charge in [-0.15, -0.1) is 11.3 Å². The quantitative estimate of drug-likeness (QED) is 0.884. The summed E-state index contributed by atoms with van der Waals surface area (Å²) < 4.78 is 1.55. The molecule has 1 aliphatic rings. The highest BCUT2D eigenvalue weighted by Gasteiger charge is 2.38. The number of carbonyl (C=O) groups is 1. The highest BCUT2D eigenvalue weighted by Crippen LogP contribution is 2.40. The lowest BCUT2D eigenvalue weighted by Crippen LogP contribution is -2.39. The predicted molar refractivity (Wildman–Crippen MR) is 84.0 cm³/mol. The average Bonchev–Trinajstić information content (AvgIpc) is 3.16. The Morgan fingerprint density at radius 2 is 2.23 bits per heavy atom. The van der Waals surface area contributed by atoms with Crippen LogP contribution in [0.3, 0.4) is 0 Å². The molecule has 0 saturated heterocycles. The number of aromatic carboxylic acids is 1. The van der Waals surface area contributed by atoms with Gasteiger partial charge in [-0.25, -0.2) is 9.78 Å². The number of carboxylic acids is 1. The molecule has 2 N–H and O–H groups in total. The first-order valence-corrected chi connectivity index (χ1v) is 8.32. The number of thiazole rings is 1. The molecule has 0 radical (unpaired) electrons. The third kappa shape index (κ3) is 2.78. The molecule has 1 saturated carbocycles. The van der Waals surface area contributed by atoms with Crippen LogP contribution < -0.4 is 5.32 Å². The second-order valence-corrected chi connectivity index (χ2v) is 6.78. The number of nitrogens with one attached hydrogen (secondary N) is 1. The Morgan fingerprint density at radius 3 is 2.82 bits per heavy atom. The van der Waals surface area contributed by atoms with Crippen molar-refractivity contribution >= 4 is 17.3 Å². The van der Waals surface area contributed by atoms with E-state index in [4.69, 9.17) is 0 Å². The largest absolute Gasteiger partial charge is 0.476 e. The van der Waals surface area contributed by atoms with Crippen molar-refractivity contribution in [1.29, 1.82) is 0 Å². The van der Waals surface area contributed by atoms with Gasteiger partial charge in [0, 0.05) is 36.4 Å². The Hall–Kier alpha value is -1.73. The van der Waals surface area contributed by atoms with Crippen LogP contribution >= 0.6 is 11.3 Å². The van der Waals surface area contributed by atoms with E-state index >= 15 is 0 Å². The van der Waals surface area contributed by atoms with Crippen molar-refractivity contribution in [2.24, 2.45) is 7.05 Å². The van der Waals surface area contributed by atoms with Gasteiger partial charge in [0.05, 0.1) is 5.54 Å². The fraction of sp³-hybridized carbons (Fsp3) is 0.533. The van der Waals surface area contributed by atoms with Crippen molar-refractivity contribution < 1.29 is 9.90 Å². The highest BCUT2D eigenvalue weighted by atomic mass is 32.1. The maximum absolute atomic E-state index is 11.3. The van der Waals surface area contributed by atoms with Crippen molar-refractivity contribution in [2.45, 2.75) is 44.7 Å². The molecule has 6 nitrogen and oxygen atoms in total. The number of hydrogen-bond acceptors (Lipinski definition) is 5. The number of hydrogen-bond donors (Lipinski definition) is 2. The molecule has 22 heavy (non-hydrogen) atoms. The summed E-state index contributed by atoms with van der Waals surface area (Å²) in [6.45, 7) is 2.50. The minimum Gasteiger partial charge on any atom is -0.476 e. The summed E-state index contributed by atoms with van der Waals surface area (Å²) >= 11 is 1.69. The summed E-state index contributed by atoms with van der Waals surface area (Å²) in [7, 11) is 1.74. The number of aryl methyl sites for hydroxylation is 2. The third-order valence-electron chi connectivity index (χ3n) is 4.21. The van der Waals surface area contributed by atoms with Gasteiger partial charge < -0.3 is 10.4 Å². The van der Waals surface area contributed by atoms with Gasteiger partial charge in [0.1, 0.15) is 5.01 Å². The Kier molecular flexibility index (Phi) is 4.01. The van der Waals surface area contributed by atoms with Crippen LogP contribution in [0.2, 0.25) is 0 Å². The van der Waals surface area contributed by atoms with E-state index in [9.17, 15) is 9.90 Å². The van der Waals surface area contributed by atoms with Gasteiger partial charge in [0.2, 0.25) is 0 Å². The molecule has 118 valence electrons. The molecular weight excluding hydrogens is 300 g/mol. The topological polar surface area (TPSA) is 80.0 Å². The molecular formula is C15H20N4O2S. The molecule has 0 unspecified atom stereocenters. The van der Waals surface area contributed by atoms with Gasteiger partial charge in [-0.05, 0) is 19.8 Å².